The molecule has 0 radical (unpaired) electrons. The summed E-state index contributed by atoms with van der Waals surface area (Å²) in [7, 11) is 0. The van der Waals surface area contributed by atoms with Crippen LogP contribution >= 0.6 is 0 Å². The molecule has 7 nitrogen and oxygen atoms in total. The van der Waals surface area contributed by atoms with Crippen molar-refractivity contribution in [2.75, 3.05) is 10.6 Å². The first-order valence-corrected chi connectivity index (χ1v) is 8.39. The van der Waals surface area contributed by atoms with Gasteiger partial charge in [-0.05, 0) is 35.9 Å². The Hall–Kier alpha value is -3.61. The van der Waals surface area contributed by atoms with Gasteiger partial charge in [0, 0.05) is 18.7 Å². The van der Waals surface area contributed by atoms with E-state index in [1.54, 1.807) is 25.1 Å². The fourth-order valence-electron chi connectivity index (χ4n) is 2.71. The normalized spacial score (nSPS) is 10.7. The van der Waals surface area contributed by atoms with Crippen molar-refractivity contribution < 1.29 is 15.0 Å². The summed E-state index contributed by atoms with van der Waals surface area (Å²) in [5.41, 5.74) is 0.244. The maximum Gasteiger partial charge on any atom is 0.253 e. The second-order valence-electron chi connectivity index (χ2n) is 6.07. The number of nitrogens with one attached hydrogen (secondary N) is 2. The van der Waals surface area contributed by atoms with Gasteiger partial charge in [-0.25, -0.2) is 0 Å². The third kappa shape index (κ3) is 3.67. The van der Waals surface area contributed by atoms with Gasteiger partial charge >= 0.3 is 0 Å². The molecule has 7 heteroatoms. The van der Waals surface area contributed by atoms with E-state index < -0.39 is 10.9 Å². The van der Waals surface area contributed by atoms with Crippen LogP contribution < -0.4 is 21.5 Å². The van der Waals surface area contributed by atoms with Gasteiger partial charge in [-0.2, -0.15) is 0 Å². The van der Waals surface area contributed by atoms with E-state index in [9.17, 15) is 24.6 Å². The number of phenolic OH excluding ortho intramolecular Hbond substituents is 2. The largest absolute Gasteiger partial charge is 0.508 e. The number of phenols is 2. The number of hydrogen-bond donors (Lipinski definition) is 4. The molecule has 0 aliphatic carbocycles. The Kier molecular flexibility index (Phi) is 4.94. The van der Waals surface area contributed by atoms with Crippen LogP contribution in [0.5, 0.6) is 11.5 Å². The summed E-state index contributed by atoms with van der Waals surface area (Å²) in [5, 5.41) is 25.0. The zero-order chi connectivity index (χ0) is 19.6. The van der Waals surface area contributed by atoms with Gasteiger partial charge in [0.05, 0.1) is 5.56 Å². The van der Waals surface area contributed by atoms with Crippen LogP contribution in [0, 0.1) is 0 Å². The summed E-state index contributed by atoms with van der Waals surface area (Å²) in [6.45, 7) is 1.94. The summed E-state index contributed by atoms with van der Waals surface area (Å²) < 4.78 is 0. The molecule has 0 heterocycles. The highest BCUT2D eigenvalue weighted by Crippen LogP contribution is 2.27. The van der Waals surface area contributed by atoms with Gasteiger partial charge in [0.15, 0.2) is 5.78 Å². The maximum absolute atomic E-state index is 11.9. The first-order valence-electron chi connectivity index (χ1n) is 8.39. The second kappa shape index (κ2) is 7.33. The van der Waals surface area contributed by atoms with E-state index in [1.807, 2.05) is 0 Å². The molecule has 0 fully saturated rings. The van der Waals surface area contributed by atoms with Crippen molar-refractivity contribution in [3.05, 3.63) is 74.0 Å². The molecule has 0 bridgehead atoms. The summed E-state index contributed by atoms with van der Waals surface area (Å²) >= 11 is 0. The van der Waals surface area contributed by atoms with Crippen molar-refractivity contribution >= 4 is 22.8 Å². The maximum atomic E-state index is 11.9. The quantitative estimate of drug-likeness (QED) is 0.289. The average Bonchev–Trinajstić information content (AvgIpc) is 2.67. The first-order chi connectivity index (χ1) is 12.9. The Bertz CT molecular complexity index is 1080. The fraction of sp³-hybridized carbons (Fsp3) is 0.150. The molecular formula is C20H18N2O5. The van der Waals surface area contributed by atoms with E-state index in [0.717, 1.165) is 5.56 Å². The Labute approximate surface area is 154 Å². The van der Waals surface area contributed by atoms with Crippen molar-refractivity contribution in [2.24, 2.45) is 0 Å². The lowest BCUT2D eigenvalue weighted by molar-refractivity contribution is 0.0985. The van der Waals surface area contributed by atoms with E-state index in [4.69, 9.17) is 0 Å². The van der Waals surface area contributed by atoms with Gasteiger partial charge in [-0.1, -0.05) is 19.1 Å². The van der Waals surface area contributed by atoms with Gasteiger partial charge in [-0.3, -0.25) is 14.4 Å². The average molecular weight is 366 g/mol. The Morgan fingerprint density at radius 2 is 1.74 bits per heavy atom. The van der Waals surface area contributed by atoms with Gasteiger partial charge in [-0.15, -0.1) is 0 Å². The molecule has 0 aromatic heterocycles. The molecule has 3 rings (SSSR count). The summed E-state index contributed by atoms with van der Waals surface area (Å²) in [6.07, 6.45) is 0.230. The molecule has 3 aromatic rings. The molecular weight excluding hydrogens is 348 g/mol. The van der Waals surface area contributed by atoms with Crippen LogP contribution in [0.4, 0.5) is 17.1 Å². The number of rotatable bonds is 7. The minimum Gasteiger partial charge on any atom is -0.508 e. The summed E-state index contributed by atoms with van der Waals surface area (Å²) in [6, 6.07) is 10.8. The van der Waals surface area contributed by atoms with Crippen LogP contribution in [-0.4, -0.2) is 16.0 Å². The van der Waals surface area contributed by atoms with Crippen LogP contribution in [-0.2, 0) is 6.54 Å². The van der Waals surface area contributed by atoms with Crippen molar-refractivity contribution in [1.82, 2.24) is 0 Å². The number of benzene rings is 2. The highest BCUT2D eigenvalue weighted by Gasteiger charge is 2.21. The number of carbonyl (C=O) groups excluding carboxylic acids is 1. The number of aromatic hydroxyl groups is 2. The molecule has 0 saturated heterocycles. The minimum absolute atomic E-state index is 0.0979. The zero-order valence-corrected chi connectivity index (χ0v) is 14.6. The van der Waals surface area contributed by atoms with Crippen LogP contribution in [0.1, 0.15) is 29.3 Å². The Morgan fingerprint density at radius 3 is 2.44 bits per heavy atom. The van der Waals surface area contributed by atoms with E-state index in [0.29, 0.717) is 5.69 Å². The smallest absolute Gasteiger partial charge is 0.253 e. The second-order valence-corrected chi connectivity index (χ2v) is 6.07. The standard InChI is InChI=1S/C20H18N2O5/c1-2-15(24)14-9-12(6-7-16(14)25)22-18-17(19(26)20(18)27)21-10-11-4-3-5-13(23)8-11/h3-9,21-23,25H,2,10H2,1H3. The molecule has 0 saturated carbocycles. The number of carbonyl (C=O) groups is 1. The van der Waals surface area contributed by atoms with E-state index in [-0.39, 0.29) is 47.2 Å². The van der Waals surface area contributed by atoms with Crippen molar-refractivity contribution in [1.29, 1.82) is 0 Å². The lowest BCUT2D eigenvalue weighted by Crippen LogP contribution is -2.36. The molecule has 0 atom stereocenters. The van der Waals surface area contributed by atoms with E-state index in [2.05, 4.69) is 10.6 Å². The van der Waals surface area contributed by atoms with Crippen LogP contribution in [0.3, 0.4) is 0 Å². The number of ketones is 1. The molecule has 0 unspecified atom stereocenters. The number of anilines is 3. The van der Waals surface area contributed by atoms with E-state index >= 15 is 0 Å². The Balaban J connectivity index is 1.81. The molecule has 138 valence electrons. The fourth-order valence-corrected chi connectivity index (χ4v) is 2.71. The zero-order valence-electron chi connectivity index (χ0n) is 14.6. The molecule has 0 spiro atoms. The summed E-state index contributed by atoms with van der Waals surface area (Å²) in [5.74, 6) is -0.266. The van der Waals surface area contributed by atoms with E-state index in [1.165, 1.54) is 24.3 Å². The predicted molar refractivity (Wildman–Crippen MR) is 103 cm³/mol. The van der Waals surface area contributed by atoms with Crippen molar-refractivity contribution in [2.45, 2.75) is 19.9 Å². The predicted octanol–water partition coefficient (Wildman–Crippen LogP) is 2.64. The van der Waals surface area contributed by atoms with Crippen molar-refractivity contribution in [3.8, 4) is 11.5 Å². The van der Waals surface area contributed by atoms with Gasteiger partial charge in [0.2, 0.25) is 0 Å². The van der Waals surface area contributed by atoms with Crippen LogP contribution in [0.25, 0.3) is 0 Å². The molecule has 27 heavy (non-hydrogen) atoms. The topological polar surface area (TPSA) is 116 Å². The number of Topliss-reactive ketones (excluding diaryl/α,β-unsaturated/α-hetero) is 1. The first kappa shape index (κ1) is 18.2. The minimum atomic E-state index is -0.662. The molecule has 0 aliphatic heterocycles. The van der Waals surface area contributed by atoms with Gasteiger partial charge in [0.1, 0.15) is 22.9 Å². The summed E-state index contributed by atoms with van der Waals surface area (Å²) in [4.78, 5) is 35.7. The van der Waals surface area contributed by atoms with Crippen LogP contribution in [0.15, 0.2) is 52.1 Å². The molecule has 0 amide bonds. The lowest BCUT2D eigenvalue weighted by atomic mass is 10.1. The van der Waals surface area contributed by atoms with Crippen molar-refractivity contribution in [3.63, 3.8) is 0 Å². The Morgan fingerprint density at radius 1 is 1.00 bits per heavy atom. The number of hydrogen-bond acceptors (Lipinski definition) is 7. The highest BCUT2D eigenvalue weighted by atomic mass is 16.3. The SMILES string of the molecule is CCC(=O)c1cc(Nc2c(NCc3cccc(O)c3)c(=O)c2=O)ccc1O. The van der Waals surface area contributed by atoms with Crippen LogP contribution in [0.2, 0.25) is 0 Å². The molecule has 0 aliphatic rings. The van der Waals surface area contributed by atoms with Gasteiger partial charge < -0.3 is 20.8 Å². The molecule has 4 N–H and O–H groups in total. The third-order valence-corrected chi connectivity index (χ3v) is 4.18. The highest BCUT2D eigenvalue weighted by molar-refractivity contribution is 5.99. The molecule has 3 aromatic carbocycles. The third-order valence-electron chi connectivity index (χ3n) is 4.18. The van der Waals surface area contributed by atoms with Gasteiger partial charge in [0.25, 0.3) is 10.9 Å². The monoisotopic (exact) mass is 366 g/mol. The lowest BCUT2D eigenvalue weighted by Gasteiger charge is -2.16.